The number of nitrogens with two attached hydrogens (primary N) is 1. The van der Waals surface area contributed by atoms with Gasteiger partial charge in [-0.05, 0) is 19.1 Å². The van der Waals surface area contributed by atoms with Crippen molar-refractivity contribution in [3.63, 3.8) is 0 Å². The molecule has 0 spiro atoms. The van der Waals surface area contributed by atoms with Crippen molar-refractivity contribution in [3.05, 3.63) is 59.3 Å². The molecule has 7 heteroatoms. The van der Waals surface area contributed by atoms with E-state index in [0.717, 1.165) is 44.0 Å². The Balaban J connectivity index is 1.87. The number of allylic oxidation sites excluding steroid dienone is 1. The molecule has 2 aliphatic heterocycles. The number of amides is 1. The summed E-state index contributed by atoms with van der Waals surface area (Å²) in [4.78, 5) is 20.9. The highest BCUT2D eigenvalue weighted by molar-refractivity contribution is 6.36. The van der Waals surface area contributed by atoms with Crippen LogP contribution in [0.2, 0.25) is 0 Å². The van der Waals surface area contributed by atoms with Gasteiger partial charge < -0.3 is 24.8 Å². The second-order valence-electron chi connectivity index (χ2n) is 8.45. The third kappa shape index (κ3) is 2.57. The number of aliphatic imine (C=N–C) groups is 1. The molecule has 4 heterocycles. The Hall–Kier alpha value is -3.68. The lowest BCUT2D eigenvalue weighted by Gasteiger charge is -2.16. The summed E-state index contributed by atoms with van der Waals surface area (Å²) in [7, 11) is 1.71. The lowest BCUT2D eigenvalue weighted by Crippen LogP contribution is -2.12. The van der Waals surface area contributed by atoms with Crippen molar-refractivity contribution >= 4 is 56.6 Å². The summed E-state index contributed by atoms with van der Waals surface area (Å²) in [5.41, 5.74) is 12.2. The van der Waals surface area contributed by atoms with E-state index in [4.69, 9.17) is 15.2 Å². The van der Waals surface area contributed by atoms with Crippen molar-refractivity contribution in [1.82, 2.24) is 9.55 Å². The summed E-state index contributed by atoms with van der Waals surface area (Å²) < 4.78 is 14.0. The first kappa shape index (κ1) is 20.0. The number of nitrogens with zero attached hydrogens (tertiary/aromatic N) is 2. The number of fused-ring (bicyclic) bond motifs is 8. The summed E-state index contributed by atoms with van der Waals surface area (Å²) in [5.74, 6) is -0.0668. The van der Waals surface area contributed by atoms with Gasteiger partial charge in [0.15, 0.2) is 0 Å². The Morgan fingerprint density at radius 2 is 2.12 bits per heavy atom. The molecule has 4 aromatic rings. The van der Waals surface area contributed by atoms with Crippen LogP contribution in [-0.4, -0.2) is 41.1 Å². The number of aromatic nitrogens is 2. The lowest BCUT2D eigenvalue weighted by atomic mass is 9.95. The third-order valence-electron chi connectivity index (χ3n) is 6.76. The number of carbonyl (C=O) groups is 1. The highest BCUT2D eigenvalue weighted by Crippen LogP contribution is 2.45. The minimum atomic E-state index is -0.313. The minimum Gasteiger partial charge on any atom is -0.383 e. The van der Waals surface area contributed by atoms with Crippen LogP contribution in [-0.2, 0) is 9.47 Å². The Kier molecular flexibility index (Phi) is 4.33. The molecule has 0 aliphatic carbocycles. The highest BCUT2D eigenvalue weighted by atomic mass is 16.6. The maximum Gasteiger partial charge on any atom is 0.280 e. The number of rotatable bonds is 4. The van der Waals surface area contributed by atoms with Gasteiger partial charge in [0.1, 0.15) is 12.1 Å². The van der Waals surface area contributed by atoms with Crippen LogP contribution in [0.5, 0.6) is 0 Å². The summed E-state index contributed by atoms with van der Waals surface area (Å²) in [5, 5.41) is 2.69. The fraction of sp³-hybridized carbons (Fsp3) is 0.231. The summed E-state index contributed by atoms with van der Waals surface area (Å²) in [6.07, 6.45) is 6.27. The van der Waals surface area contributed by atoms with Gasteiger partial charge in [-0.1, -0.05) is 36.9 Å². The molecule has 7 nitrogen and oxygen atoms in total. The van der Waals surface area contributed by atoms with Crippen LogP contribution in [0.4, 0.5) is 0 Å². The number of nitrogens with one attached hydrogen (secondary N) is 1. The van der Waals surface area contributed by atoms with Crippen molar-refractivity contribution in [3.8, 4) is 0 Å². The zero-order valence-electron chi connectivity index (χ0n) is 18.5. The fourth-order valence-corrected chi connectivity index (χ4v) is 5.40. The Morgan fingerprint density at radius 1 is 1.30 bits per heavy atom. The first-order chi connectivity index (χ1) is 16.1. The van der Waals surface area contributed by atoms with Crippen molar-refractivity contribution in [2.75, 3.05) is 13.7 Å². The van der Waals surface area contributed by atoms with Gasteiger partial charge in [0.2, 0.25) is 0 Å². The Labute approximate surface area is 190 Å². The number of carbonyl (C=O) groups excluding carboxylic acids is 1. The Morgan fingerprint density at radius 3 is 2.85 bits per heavy atom. The van der Waals surface area contributed by atoms with Gasteiger partial charge in [-0.25, -0.2) is 0 Å². The average molecular weight is 441 g/mol. The summed E-state index contributed by atoms with van der Waals surface area (Å²) >= 11 is 0. The van der Waals surface area contributed by atoms with Crippen molar-refractivity contribution in [1.29, 1.82) is 0 Å². The third-order valence-corrected chi connectivity index (χ3v) is 6.76. The van der Waals surface area contributed by atoms with E-state index >= 15 is 0 Å². The van der Waals surface area contributed by atoms with Crippen molar-refractivity contribution in [2.45, 2.75) is 25.7 Å². The summed E-state index contributed by atoms with van der Waals surface area (Å²) in [6.45, 7) is 6.48. The predicted octanol–water partition coefficient (Wildman–Crippen LogP) is 4.74. The second kappa shape index (κ2) is 7.16. The van der Waals surface area contributed by atoms with Crippen LogP contribution in [0.1, 0.15) is 46.8 Å². The molecule has 2 atom stereocenters. The molecule has 1 saturated heterocycles. The van der Waals surface area contributed by atoms with Crippen molar-refractivity contribution in [2.24, 2.45) is 10.7 Å². The molecule has 1 fully saturated rings. The number of hydrogen-bond acceptors (Lipinski definition) is 4. The molecule has 0 bridgehead atoms. The number of aromatic amines is 1. The van der Waals surface area contributed by atoms with Gasteiger partial charge in [-0.15, -0.1) is 0 Å². The molecule has 0 radical (unpaired) electrons. The number of H-pyrrole nitrogens is 1. The van der Waals surface area contributed by atoms with E-state index in [1.165, 1.54) is 0 Å². The van der Waals surface area contributed by atoms with E-state index in [2.05, 4.69) is 27.2 Å². The van der Waals surface area contributed by atoms with E-state index in [-0.39, 0.29) is 24.1 Å². The number of para-hydroxylation sites is 1. The van der Waals surface area contributed by atoms with Gasteiger partial charge in [0.05, 0.1) is 34.8 Å². The molecular weight excluding hydrogens is 416 g/mol. The first-order valence-electron chi connectivity index (χ1n) is 11.0. The Bertz CT molecular complexity index is 1550. The summed E-state index contributed by atoms with van der Waals surface area (Å²) in [6, 6.07) is 8.08. The lowest BCUT2D eigenvalue weighted by molar-refractivity contribution is 0.0449. The van der Waals surface area contributed by atoms with Gasteiger partial charge in [0.25, 0.3) is 5.91 Å². The van der Waals surface area contributed by atoms with Gasteiger partial charge >= 0.3 is 0 Å². The van der Waals surface area contributed by atoms with E-state index in [1.54, 1.807) is 13.2 Å². The average Bonchev–Trinajstić information content (AvgIpc) is 3.56. The smallest absolute Gasteiger partial charge is 0.280 e. The molecule has 33 heavy (non-hydrogen) atoms. The SMILES string of the molecule is C=Cc1[nH]c2c(c1/C=C\C)c1c(c3c4ccccc4n(C4C[C@H](OC)CO4)c23)C(=O)N=C1N. The van der Waals surface area contributed by atoms with E-state index < -0.39 is 0 Å². The van der Waals surface area contributed by atoms with Crippen LogP contribution < -0.4 is 5.73 Å². The molecule has 2 aliphatic rings. The maximum absolute atomic E-state index is 13.2. The molecule has 1 amide bonds. The van der Waals surface area contributed by atoms with Crippen LogP contribution in [0, 0.1) is 0 Å². The quantitative estimate of drug-likeness (QED) is 0.479. The second-order valence-corrected chi connectivity index (χ2v) is 8.45. The normalized spacial score (nSPS) is 20.5. The van der Waals surface area contributed by atoms with Crippen LogP contribution >= 0.6 is 0 Å². The molecular formula is C26H24N4O3. The van der Waals surface area contributed by atoms with E-state index in [9.17, 15) is 4.79 Å². The minimum absolute atomic E-state index is 0.0164. The van der Waals surface area contributed by atoms with Crippen LogP contribution in [0.15, 0.2) is 41.9 Å². The molecule has 6 rings (SSSR count). The largest absolute Gasteiger partial charge is 0.383 e. The number of ether oxygens (including phenoxy) is 2. The number of methoxy groups -OCH3 is 1. The molecule has 2 aromatic heterocycles. The zero-order valence-corrected chi connectivity index (χ0v) is 18.5. The van der Waals surface area contributed by atoms with E-state index in [1.807, 2.05) is 37.3 Å². The monoisotopic (exact) mass is 440 g/mol. The standard InChI is InChI=1S/C26H24N4O3/c1-4-8-14-16(5-2)28-23-19(14)21-22(26(31)29-25(21)27)20-15-9-6-7-10-17(15)30(24(20)23)18-11-13(32-3)12-33-18/h4-10,13,18,28H,2,11-12H2,1,3H3,(H2,27,29,31)/b8-4-/t13-,18?/m0/s1. The van der Waals surface area contributed by atoms with Crippen molar-refractivity contribution < 1.29 is 14.3 Å². The maximum atomic E-state index is 13.2. The van der Waals surface area contributed by atoms with E-state index in [0.29, 0.717) is 24.2 Å². The molecule has 0 saturated carbocycles. The molecule has 3 N–H and O–H groups in total. The van der Waals surface area contributed by atoms with Gasteiger partial charge in [0, 0.05) is 46.5 Å². The number of amidine groups is 1. The number of benzene rings is 2. The molecule has 2 aromatic carbocycles. The molecule has 1 unspecified atom stereocenters. The topological polar surface area (TPSA) is 94.6 Å². The fourth-order valence-electron chi connectivity index (χ4n) is 5.40. The predicted molar refractivity (Wildman–Crippen MR) is 132 cm³/mol. The highest BCUT2D eigenvalue weighted by Gasteiger charge is 2.36. The van der Waals surface area contributed by atoms with Gasteiger partial charge in [-0.3, -0.25) is 4.79 Å². The number of hydrogen-bond donors (Lipinski definition) is 2. The first-order valence-corrected chi connectivity index (χ1v) is 11.0. The molecule has 166 valence electrons. The van der Waals surface area contributed by atoms with Crippen LogP contribution in [0.3, 0.4) is 0 Å². The zero-order chi connectivity index (χ0) is 22.9. The van der Waals surface area contributed by atoms with Gasteiger partial charge in [-0.2, -0.15) is 4.99 Å². The van der Waals surface area contributed by atoms with Crippen LogP contribution in [0.25, 0.3) is 44.9 Å².